The molecule has 16 heavy (non-hydrogen) atoms. The molecule has 0 heterocycles. The third-order valence-corrected chi connectivity index (χ3v) is 2.01. The van der Waals surface area contributed by atoms with E-state index in [1.165, 1.54) is 18.2 Å². The zero-order valence-electron chi connectivity index (χ0n) is 8.16. The molecule has 0 amide bonds. The highest BCUT2D eigenvalue weighted by Gasteiger charge is 2.11. The number of carboxylic acids is 1. The van der Waals surface area contributed by atoms with Gasteiger partial charge in [0.2, 0.25) is 0 Å². The molecule has 0 aliphatic rings. The van der Waals surface area contributed by atoms with Crippen molar-refractivity contribution in [1.82, 2.24) is 0 Å². The van der Waals surface area contributed by atoms with Crippen LogP contribution in [0, 0.1) is 5.41 Å². The standard InChI is InChI=1S/C9H10IN3O3/c10-4-16-7-3-5(13-9(11)12)1-2-6(7)8(14)15/h1-3H,4H2,(H,14,15)(H4,11,12,13). The zero-order valence-corrected chi connectivity index (χ0v) is 10.3. The first-order valence-corrected chi connectivity index (χ1v) is 5.74. The maximum Gasteiger partial charge on any atom is 0.339 e. The number of anilines is 1. The number of carbonyl (C=O) groups is 1. The van der Waals surface area contributed by atoms with Crippen LogP contribution in [0.1, 0.15) is 10.4 Å². The van der Waals surface area contributed by atoms with E-state index in [4.69, 9.17) is 21.0 Å². The third-order valence-electron chi connectivity index (χ3n) is 1.70. The van der Waals surface area contributed by atoms with E-state index in [2.05, 4.69) is 5.32 Å². The largest absolute Gasteiger partial charge is 0.482 e. The van der Waals surface area contributed by atoms with E-state index < -0.39 is 5.97 Å². The minimum absolute atomic E-state index is 0.0748. The van der Waals surface area contributed by atoms with Gasteiger partial charge in [-0.3, -0.25) is 5.41 Å². The van der Waals surface area contributed by atoms with E-state index in [9.17, 15) is 4.79 Å². The summed E-state index contributed by atoms with van der Waals surface area (Å²) in [5.41, 5.74) is 5.75. The van der Waals surface area contributed by atoms with Crippen LogP contribution < -0.4 is 15.8 Å². The Balaban J connectivity index is 3.06. The van der Waals surface area contributed by atoms with Crippen LogP contribution >= 0.6 is 22.6 Å². The van der Waals surface area contributed by atoms with Crippen molar-refractivity contribution < 1.29 is 14.6 Å². The van der Waals surface area contributed by atoms with Crippen molar-refractivity contribution in [2.75, 3.05) is 9.93 Å². The van der Waals surface area contributed by atoms with Crippen molar-refractivity contribution in [3.05, 3.63) is 23.8 Å². The molecule has 0 aromatic heterocycles. The van der Waals surface area contributed by atoms with Gasteiger partial charge < -0.3 is 20.9 Å². The van der Waals surface area contributed by atoms with Crippen molar-refractivity contribution in [2.24, 2.45) is 5.73 Å². The second-order valence-corrected chi connectivity index (χ2v) is 3.43. The van der Waals surface area contributed by atoms with Crippen molar-refractivity contribution in [3.63, 3.8) is 0 Å². The fourth-order valence-corrected chi connectivity index (χ4v) is 1.45. The lowest BCUT2D eigenvalue weighted by Gasteiger charge is -2.09. The molecule has 86 valence electrons. The number of rotatable bonds is 4. The lowest BCUT2D eigenvalue weighted by Crippen LogP contribution is -2.20. The van der Waals surface area contributed by atoms with Gasteiger partial charge in [0.15, 0.2) is 5.96 Å². The number of aromatic carboxylic acids is 1. The highest BCUT2D eigenvalue weighted by Crippen LogP contribution is 2.23. The van der Waals surface area contributed by atoms with Gasteiger partial charge in [-0.1, -0.05) is 0 Å². The summed E-state index contributed by atoms with van der Waals surface area (Å²) in [5, 5.41) is 18.5. The second-order valence-electron chi connectivity index (χ2n) is 2.81. The Morgan fingerprint density at radius 1 is 1.62 bits per heavy atom. The average Bonchev–Trinajstić information content (AvgIpc) is 2.17. The number of nitrogens with two attached hydrogens (primary N) is 1. The Kier molecular flexibility index (Phi) is 4.35. The Bertz CT molecular complexity index is 422. The quantitative estimate of drug-likeness (QED) is 0.288. The van der Waals surface area contributed by atoms with E-state index in [1.807, 2.05) is 22.6 Å². The van der Waals surface area contributed by atoms with Crippen LogP contribution in [-0.4, -0.2) is 21.6 Å². The monoisotopic (exact) mass is 335 g/mol. The highest BCUT2D eigenvalue weighted by molar-refractivity contribution is 14.1. The summed E-state index contributed by atoms with van der Waals surface area (Å²) in [7, 11) is 0. The van der Waals surface area contributed by atoms with Gasteiger partial charge in [0.1, 0.15) is 15.9 Å². The minimum Gasteiger partial charge on any atom is -0.482 e. The van der Waals surface area contributed by atoms with E-state index in [-0.39, 0.29) is 17.3 Å². The molecule has 0 saturated heterocycles. The first kappa shape index (κ1) is 12.6. The summed E-state index contributed by atoms with van der Waals surface area (Å²) >= 11 is 1.97. The van der Waals surface area contributed by atoms with E-state index in [0.717, 1.165) is 0 Å². The molecule has 0 spiro atoms. The zero-order chi connectivity index (χ0) is 12.1. The van der Waals surface area contributed by atoms with Crippen LogP contribution in [0.4, 0.5) is 5.69 Å². The van der Waals surface area contributed by atoms with Crippen molar-refractivity contribution in [1.29, 1.82) is 5.41 Å². The van der Waals surface area contributed by atoms with E-state index in [1.54, 1.807) is 0 Å². The van der Waals surface area contributed by atoms with Gasteiger partial charge in [0.05, 0.1) is 0 Å². The van der Waals surface area contributed by atoms with Gasteiger partial charge in [0, 0.05) is 11.8 Å². The predicted octanol–water partition coefficient (Wildman–Crippen LogP) is 1.46. The van der Waals surface area contributed by atoms with Crippen LogP contribution in [0.2, 0.25) is 0 Å². The maximum atomic E-state index is 10.9. The molecule has 5 N–H and O–H groups in total. The first-order valence-electron chi connectivity index (χ1n) is 4.21. The Morgan fingerprint density at radius 3 is 2.81 bits per heavy atom. The number of benzene rings is 1. The summed E-state index contributed by atoms with van der Waals surface area (Å²) in [6.45, 7) is 0. The summed E-state index contributed by atoms with van der Waals surface area (Å²) in [6.07, 6.45) is 0. The maximum absolute atomic E-state index is 10.9. The Labute approximate surface area is 105 Å². The smallest absolute Gasteiger partial charge is 0.339 e. The Hall–Kier alpha value is -1.51. The van der Waals surface area contributed by atoms with Crippen molar-refractivity contribution in [3.8, 4) is 5.75 Å². The summed E-state index contributed by atoms with van der Waals surface area (Å²) in [4.78, 5) is 10.9. The Morgan fingerprint density at radius 2 is 2.31 bits per heavy atom. The fraction of sp³-hybridized carbons (Fsp3) is 0.111. The highest BCUT2D eigenvalue weighted by atomic mass is 127. The number of carboxylic acid groups (broad SMARTS) is 1. The van der Waals surface area contributed by atoms with Gasteiger partial charge in [-0.15, -0.1) is 0 Å². The number of guanidine groups is 1. The third kappa shape index (κ3) is 3.26. The molecule has 0 saturated carbocycles. The topological polar surface area (TPSA) is 108 Å². The van der Waals surface area contributed by atoms with E-state index >= 15 is 0 Å². The van der Waals surface area contributed by atoms with Crippen LogP contribution in [0.25, 0.3) is 0 Å². The predicted molar refractivity (Wildman–Crippen MR) is 68.5 cm³/mol. The number of alkyl halides is 1. The van der Waals surface area contributed by atoms with Gasteiger partial charge in [-0.05, 0) is 34.7 Å². The molecule has 0 aliphatic heterocycles. The molecule has 0 unspecified atom stereocenters. The second kappa shape index (κ2) is 5.54. The normalized spacial score (nSPS) is 9.56. The molecule has 0 bridgehead atoms. The number of hydrogen-bond acceptors (Lipinski definition) is 3. The molecule has 1 aromatic carbocycles. The van der Waals surface area contributed by atoms with Crippen molar-refractivity contribution in [2.45, 2.75) is 0 Å². The molecule has 0 radical (unpaired) electrons. The number of hydrogen-bond donors (Lipinski definition) is 4. The molecule has 0 fully saturated rings. The SMILES string of the molecule is N=C(N)Nc1ccc(C(=O)O)c(OCI)c1. The van der Waals surface area contributed by atoms with E-state index in [0.29, 0.717) is 10.3 Å². The molecule has 1 rings (SSSR count). The number of ether oxygens (including phenoxy) is 1. The van der Waals surface area contributed by atoms with Crippen molar-refractivity contribution >= 4 is 40.2 Å². The molecule has 6 nitrogen and oxygen atoms in total. The summed E-state index contributed by atoms with van der Waals surface area (Å²) in [5.74, 6) is -1.04. The van der Waals surface area contributed by atoms with Gasteiger partial charge >= 0.3 is 5.97 Å². The van der Waals surface area contributed by atoms with Gasteiger partial charge in [-0.2, -0.15) is 0 Å². The van der Waals surface area contributed by atoms with Crippen LogP contribution in [0.15, 0.2) is 18.2 Å². The summed E-state index contributed by atoms with van der Waals surface area (Å²) < 4.78 is 5.51. The van der Waals surface area contributed by atoms with Crippen LogP contribution in [0.3, 0.4) is 0 Å². The minimum atomic E-state index is -1.06. The van der Waals surface area contributed by atoms with Crippen LogP contribution in [-0.2, 0) is 0 Å². The molecular formula is C9H10IN3O3. The molecule has 0 aliphatic carbocycles. The lowest BCUT2D eigenvalue weighted by molar-refractivity contribution is 0.0693. The first-order chi connectivity index (χ1) is 7.54. The average molecular weight is 335 g/mol. The van der Waals surface area contributed by atoms with Crippen LogP contribution in [0.5, 0.6) is 5.75 Å². The summed E-state index contributed by atoms with van der Waals surface area (Å²) in [6, 6.07) is 4.41. The number of halogens is 1. The molecule has 7 heteroatoms. The number of nitrogens with one attached hydrogen (secondary N) is 2. The van der Waals surface area contributed by atoms with Gasteiger partial charge in [-0.25, -0.2) is 4.79 Å². The van der Waals surface area contributed by atoms with Gasteiger partial charge in [0.25, 0.3) is 0 Å². The lowest BCUT2D eigenvalue weighted by atomic mass is 10.2. The molecule has 0 atom stereocenters. The molecular weight excluding hydrogens is 325 g/mol. The molecule has 1 aromatic rings. The fourth-order valence-electron chi connectivity index (χ4n) is 1.11.